The van der Waals surface area contributed by atoms with Gasteiger partial charge in [0, 0.05) is 45.9 Å². The van der Waals surface area contributed by atoms with E-state index in [4.69, 9.17) is 9.47 Å². The minimum atomic E-state index is -0.187. The molecule has 10 heteroatoms. The van der Waals surface area contributed by atoms with Gasteiger partial charge in [-0.25, -0.2) is 4.68 Å². The van der Waals surface area contributed by atoms with Crippen molar-refractivity contribution in [3.05, 3.63) is 22.5 Å². The van der Waals surface area contributed by atoms with Crippen molar-refractivity contribution in [1.82, 2.24) is 24.7 Å². The van der Waals surface area contributed by atoms with E-state index in [1.807, 2.05) is 25.9 Å². The molecule has 0 atom stereocenters. The quantitative estimate of drug-likeness (QED) is 0.748. The molecule has 1 aliphatic heterocycles. The van der Waals surface area contributed by atoms with Gasteiger partial charge < -0.3 is 19.3 Å². The Morgan fingerprint density at radius 1 is 1.20 bits per heavy atom. The number of aryl methyl sites for hydroxylation is 1. The number of hydrogen-bond donors (Lipinski definition) is 0. The third-order valence-electron chi connectivity index (χ3n) is 3.62. The second-order valence-corrected chi connectivity index (χ2v) is 5.64. The molecule has 3 rings (SSSR count). The Bertz CT molecular complexity index is 787. The maximum Gasteiger partial charge on any atom is 0.330 e. The van der Waals surface area contributed by atoms with Gasteiger partial charge in [0.05, 0.1) is 13.2 Å². The van der Waals surface area contributed by atoms with E-state index < -0.39 is 0 Å². The van der Waals surface area contributed by atoms with Gasteiger partial charge in [-0.3, -0.25) is 4.79 Å². The molecule has 1 saturated heterocycles. The van der Waals surface area contributed by atoms with E-state index in [1.54, 1.807) is 4.90 Å². The Hall–Kier alpha value is -2.75. The molecule has 0 bridgehead atoms. The third-order valence-corrected chi connectivity index (χ3v) is 3.62. The first kappa shape index (κ1) is 17.1. The number of nitrogens with zero attached hydrogens (tertiary/aromatic N) is 7. The van der Waals surface area contributed by atoms with Crippen molar-refractivity contribution in [2.75, 3.05) is 50.2 Å². The molecular formula is C15H21N7O3. The van der Waals surface area contributed by atoms with E-state index in [0.29, 0.717) is 44.7 Å². The summed E-state index contributed by atoms with van der Waals surface area (Å²) in [7, 11) is 3.69. The Morgan fingerprint density at radius 2 is 1.96 bits per heavy atom. The smallest absolute Gasteiger partial charge is 0.330 e. The number of ether oxygens (including phenoxy) is 2. The van der Waals surface area contributed by atoms with Crippen LogP contribution in [0, 0.1) is 0 Å². The summed E-state index contributed by atoms with van der Waals surface area (Å²) in [4.78, 5) is 28.6. The molecule has 0 amide bonds. The molecular weight excluding hydrogens is 326 g/mol. The second-order valence-electron chi connectivity index (χ2n) is 5.64. The maximum absolute atomic E-state index is 11.6. The molecule has 2 aromatic heterocycles. The zero-order chi connectivity index (χ0) is 17.8. The van der Waals surface area contributed by atoms with Crippen LogP contribution < -0.4 is 20.1 Å². The lowest BCUT2D eigenvalue weighted by atomic mass is 10.4. The molecule has 1 fully saturated rings. The molecule has 2 aromatic rings. The van der Waals surface area contributed by atoms with Crippen molar-refractivity contribution in [3.8, 4) is 11.9 Å². The van der Waals surface area contributed by atoms with E-state index in [0.717, 1.165) is 0 Å². The lowest BCUT2D eigenvalue weighted by Gasteiger charge is -2.27. The zero-order valence-electron chi connectivity index (χ0n) is 14.5. The first-order chi connectivity index (χ1) is 12.1. The predicted molar refractivity (Wildman–Crippen MR) is 91.4 cm³/mol. The van der Waals surface area contributed by atoms with E-state index in [-0.39, 0.29) is 17.4 Å². The van der Waals surface area contributed by atoms with Gasteiger partial charge in [0.2, 0.25) is 17.8 Å². The average molecular weight is 347 g/mol. The van der Waals surface area contributed by atoms with E-state index >= 15 is 0 Å². The molecule has 1 aliphatic rings. The molecule has 25 heavy (non-hydrogen) atoms. The molecule has 0 unspecified atom stereocenters. The van der Waals surface area contributed by atoms with Gasteiger partial charge in [-0.1, -0.05) is 0 Å². The molecule has 134 valence electrons. The summed E-state index contributed by atoms with van der Waals surface area (Å²) in [6.45, 7) is 4.95. The first-order valence-electron chi connectivity index (χ1n) is 8.09. The van der Waals surface area contributed by atoms with Crippen LogP contribution in [0.1, 0.15) is 6.92 Å². The summed E-state index contributed by atoms with van der Waals surface area (Å²) in [6.07, 6.45) is 0. The predicted octanol–water partition coefficient (Wildman–Crippen LogP) is 0.143. The van der Waals surface area contributed by atoms with Gasteiger partial charge in [-0.2, -0.15) is 15.0 Å². The molecule has 0 aromatic carbocycles. The number of rotatable bonds is 5. The number of aromatic nitrogens is 5. The fourth-order valence-electron chi connectivity index (χ4n) is 2.29. The van der Waals surface area contributed by atoms with Crippen LogP contribution in [0.25, 0.3) is 0 Å². The van der Waals surface area contributed by atoms with Crippen LogP contribution in [-0.4, -0.2) is 65.1 Å². The molecule has 0 spiro atoms. The van der Waals surface area contributed by atoms with Crippen molar-refractivity contribution in [2.24, 2.45) is 0 Å². The molecule has 3 heterocycles. The van der Waals surface area contributed by atoms with Crippen molar-refractivity contribution < 1.29 is 9.47 Å². The highest BCUT2D eigenvalue weighted by molar-refractivity contribution is 5.40. The molecule has 10 nitrogen and oxygen atoms in total. The summed E-state index contributed by atoms with van der Waals surface area (Å²) < 4.78 is 12.4. The summed E-state index contributed by atoms with van der Waals surface area (Å²) in [6, 6.07) is 3.04. The van der Waals surface area contributed by atoms with Crippen LogP contribution in [0.4, 0.5) is 11.9 Å². The van der Waals surface area contributed by atoms with Crippen molar-refractivity contribution in [1.29, 1.82) is 0 Å². The van der Waals surface area contributed by atoms with Crippen LogP contribution in [0.3, 0.4) is 0 Å². The van der Waals surface area contributed by atoms with E-state index in [9.17, 15) is 4.79 Å². The molecule has 0 aliphatic carbocycles. The fourth-order valence-corrected chi connectivity index (χ4v) is 2.29. The van der Waals surface area contributed by atoms with Crippen LogP contribution in [0.2, 0.25) is 0 Å². The van der Waals surface area contributed by atoms with Gasteiger partial charge >= 0.3 is 6.01 Å². The van der Waals surface area contributed by atoms with Crippen LogP contribution in [0.15, 0.2) is 16.9 Å². The van der Waals surface area contributed by atoms with E-state index in [2.05, 4.69) is 20.1 Å². The Kier molecular flexibility index (Phi) is 5.08. The Balaban J connectivity index is 1.91. The average Bonchev–Trinajstić information content (AvgIpc) is 2.63. The fraction of sp³-hybridized carbons (Fsp3) is 0.533. The van der Waals surface area contributed by atoms with Crippen LogP contribution in [-0.2, 0) is 11.3 Å². The number of morpholine rings is 1. The lowest BCUT2D eigenvalue weighted by Crippen LogP contribution is -2.37. The van der Waals surface area contributed by atoms with Gasteiger partial charge in [0.1, 0.15) is 0 Å². The standard InChI is InChI=1S/C15H21N7O3/c1-4-22-12(23)6-5-11(19-22)25-15-17-13(20(2)3)16-14(18-15)21-7-9-24-10-8-21/h5-6H,4,7-10H2,1-3H3. The van der Waals surface area contributed by atoms with Crippen LogP contribution >= 0.6 is 0 Å². The minimum Gasteiger partial charge on any atom is -0.403 e. The zero-order valence-corrected chi connectivity index (χ0v) is 14.5. The third kappa shape index (κ3) is 4.02. The van der Waals surface area contributed by atoms with Crippen molar-refractivity contribution >= 4 is 11.9 Å². The van der Waals surface area contributed by atoms with Crippen LogP contribution in [0.5, 0.6) is 11.9 Å². The topological polar surface area (TPSA) is 98.5 Å². The van der Waals surface area contributed by atoms with Gasteiger partial charge in [0.15, 0.2) is 0 Å². The highest BCUT2D eigenvalue weighted by atomic mass is 16.5. The first-order valence-corrected chi connectivity index (χ1v) is 8.09. The lowest BCUT2D eigenvalue weighted by molar-refractivity contribution is 0.122. The summed E-state index contributed by atoms with van der Waals surface area (Å²) in [5, 5.41) is 4.14. The monoisotopic (exact) mass is 347 g/mol. The molecule has 0 radical (unpaired) electrons. The normalized spacial score (nSPS) is 14.4. The van der Waals surface area contributed by atoms with Gasteiger partial charge in [-0.15, -0.1) is 5.10 Å². The molecule has 0 N–H and O–H groups in total. The Morgan fingerprint density at radius 3 is 2.64 bits per heavy atom. The summed E-state index contributed by atoms with van der Waals surface area (Å²) >= 11 is 0. The second kappa shape index (κ2) is 7.43. The highest BCUT2D eigenvalue weighted by Crippen LogP contribution is 2.20. The number of hydrogen-bond acceptors (Lipinski definition) is 9. The molecule has 0 saturated carbocycles. The highest BCUT2D eigenvalue weighted by Gasteiger charge is 2.18. The number of anilines is 2. The van der Waals surface area contributed by atoms with E-state index in [1.165, 1.54) is 16.8 Å². The van der Waals surface area contributed by atoms with Crippen molar-refractivity contribution in [3.63, 3.8) is 0 Å². The van der Waals surface area contributed by atoms with Gasteiger partial charge in [0.25, 0.3) is 5.56 Å². The summed E-state index contributed by atoms with van der Waals surface area (Å²) in [5.74, 6) is 1.27. The van der Waals surface area contributed by atoms with Crippen molar-refractivity contribution in [2.45, 2.75) is 13.5 Å². The Labute approximate surface area is 145 Å². The summed E-state index contributed by atoms with van der Waals surface area (Å²) in [5.41, 5.74) is -0.187. The minimum absolute atomic E-state index is 0.133. The SMILES string of the molecule is CCn1nc(Oc2nc(N(C)C)nc(N3CCOCC3)n2)ccc1=O. The van der Waals surface area contributed by atoms with Gasteiger partial charge in [-0.05, 0) is 6.92 Å². The largest absolute Gasteiger partial charge is 0.403 e. The maximum atomic E-state index is 11.6.